The number of hydrogen-bond acceptors (Lipinski definition) is 4. The summed E-state index contributed by atoms with van der Waals surface area (Å²) in [7, 11) is 0. The molecule has 5 nitrogen and oxygen atoms in total. The van der Waals surface area contributed by atoms with Gasteiger partial charge in [0.05, 0.1) is 5.69 Å². The third-order valence-electron chi connectivity index (χ3n) is 5.98. The van der Waals surface area contributed by atoms with Crippen LogP contribution in [0.1, 0.15) is 83.6 Å². The molecule has 0 aliphatic carbocycles. The number of amides is 2. The van der Waals surface area contributed by atoms with E-state index < -0.39 is 11.8 Å². The van der Waals surface area contributed by atoms with Gasteiger partial charge < -0.3 is 5.11 Å². The molecule has 1 saturated heterocycles. The number of carbonyl (C=O) groups is 2. The fourth-order valence-corrected chi connectivity index (χ4v) is 4.23. The molecular weight excluding hydrogens is 444 g/mol. The number of aromatic hydroxyl groups is 1. The molecule has 34 heavy (non-hydrogen) atoms. The van der Waals surface area contributed by atoms with E-state index in [2.05, 4.69) is 19.2 Å². The van der Waals surface area contributed by atoms with Crippen LogP contribution in [0, 0.1) is 0 Å². The SMILES string of the molecule is CC(C)c1ccc(N2C(=O)/C(=C/c3cc(C(C)(C)C)c(O)c(C(C)(C)C)c3)C(=O)NC2=S)cc1. The van der Waals surface area contributed by atoms with Crippen LogP contribution in [0.25, 0.3) is 6.08 Å². The third-order valence-corrected chi connectivity index (χ3v) is 6.26. The van der Waals surface area contributed by atoms with Gasteiger partial charge in [0.25, 0.3) is 11.8 Å². The van der Waals surface area contributed by atoms with Crippen LogP contribution in [0.3, 0.4) is 0 Å². The van der Waals surface area contributed by atoms with Crippen molar-refractivity contribution in [1.82, 2.24) is 5.32 Å². The largest absolute Gasteiger partial charge is 0.507 e. The van der Waals surface area contributed by atoms with Crippen LogP contribution in [-0.2, 0) is 20.4 Å². The number of rotatable bonds is 3. The van der Waals surface area contributed by atoms with Crippen LogP contribution in [0.5, 0.6) is 5.75 Å². The number of nitrogens with one attached hydrogen (secondary N) is 1. The summed E-state index contributed by atoms with van der Waals surface area (Å²) >= 11 is 5.33. The van der Waals surface area contributed by atoms with Crippen LogP contribution >= 0.6 is 12.2 Å². The van der Waals surface area contributed by atoms with Crippen molar-refractivity contribution in [2.24, 2.45) is 0 Å². The number of hydrogen-bond donors (Lipinski definition) is 2. The molecule has 2 aromatic carbocycles. The summed E-state index contributed by atoms with van der Waals surface area (Å²) in [5.74, 6) is -0.409. The third kappa shape index (κ3) is 5.07. The molecule has 0 bridgehead atoms. The van der Waals surface area contributed by atoms with Gasteiger partial charge in [-0.3, -0.25) is 19.8 Å². The number of carbonyl (C=O) groups excluding carboxylic acids is 2. The average molecular weight is 479 g/mol. The molecule has 180 valence electrons. The van der Waals surface area contributed by atoms with E-state index in [1.807, 2.05) is 77.9 Å². The highest BCUT2D eigenvalue weighted by Crippen LogP contribution is 2.40. The van der Waals surface area contributed by atoms with E-state index in [9.17, 15) is 14.7 Å². The zero-order valence-corrected chi connectivity index (χ0v) is 22.1. The van der Waals surface area contributed by atoms with Crippen molar-refractivity contribution in [3.63, 3.8) is 0 Å². The molecule has 0 unspecified atom stereocenters. The monoisotopic (exact) mass is 478 g/mol. The van der Waals surface area contributed by atoms with Crippen molar-refractivity contribution < 1.29 is 14.7 Å². The summed E-state index contributed by atoms with van der Waals surface area (Å²) in [5.41, 5.74) is 3.27. The van der Waals surface area contributed by atoms with Gasteiger partial charge in [0, 0.05) is 11.1 Å². The Bertz CT molecular complexity index is 1140. The van der Waals surface area contributed by atoms with E-state index in [0.717, 1.165) is 16.7 Å². The van der Waals surface area contributed by atoms with Crippen molar-refractivity contribution in [2.75, 3.05) is 4.90 Å². The predicted molar refractivity (Wildman–Crippen MR) is 142 cm³/mol. The molecule has 1 heterocycles. The Morgan fingerprint density at radius 2 is 1.44 bits per heavy atom. The Morgan fingerprint density at radius 1 is 0.941 bits per heavy atom. The molecule has 6 heteroatoms. The first kappa shape index (κ1) is 25.6. The van der Waals surface area contributed by atoms with Crippen molar-refractivity contribution in [1.29, 1.82) is 0 Å². The summed E-state index contributed by atoms with van der Waals surface area (Å²) < 4.78 is 0. The van der Waals surface area contributed by atoms with Gasteiger partial charge in [-0.1, -0.05) is 67.5 Å². The van der Waals surface area contributed by atoms with E-state index in [-0.39, 0.29) is 27.3 Å². The molecule has 2 amide bonds. The Kier molecular flexibility index (Phi) is 6.78. The van der Waals surface area contributed by atoms with Crippen molar-refractivity contribution in [2.45, 2.75) is 72.1 Å². The topological polar surface area (TPSA) is 69.6 Å². The maximum Gasteiger partial charge on any atom is 0.270 e. The molecule has 1 aliphatic rings. The van der Waals surface area contributed by atoms with Crippen LogP contribution in [0.15, 0.2) is 42.0 Å². The van der Waals surface area contributed by atoms with Gasteiger partial charge in [-0.25, -0.2) is 0 Å². The summed E-state index contributed by atoms with van der Waals surface area (Å²) in [5, 5.41) is 13.7. The summed E-state index contributed by atoms with van der Waals surface area (Å²) in [4.78, 5) is 27.6. The van der Waals surface area contributed by atoms with Gasteiger partial charge >= 0.3 is 0 Å². The van der Waals surface area contributed by atoms with Gasteiger partial charge in [0.1, 0.15) is 11.3 Å². The molecule has 1 fully saturated rings. The molecule has 0 atom stereocenters. The smallest absolute Gasteiger partial charge is 0.270 e. The van der Waals surface area contributed by atoms with Crippen LogP contribution in [0.2, 0.25) is 0 Å². The van der Waals surface area contributed by atoms with E-state index in [1.165, 1.54) is 4.90 Å². The standard InChI is InChI=1S/C28H34N2O3S/c1-16(2)18-9-11-19(12-10-18)30-25(33)20(24(32)29-26(30)34)13-17-14-21(27(3,4)5)23(31)22(15-17)28(6,7)8/h9-16,31H,1-8H3,(H,29,32,34)/b20-13+. The van der Waals surface area contributed by atoms with Crippen LogP contribution in [0.4, 0.5) is 5.69 Å². The van der Waals surface area contributed by atoms with Gasteiger partial charge in [-0.15, -0.1) is 0 Å². The Labute approximate surface area is 207 Å². The molecule has 0 saturated carbocycles. The molecule has 2 N–H and O–H groups in total. The van der Waals surface area contributed by atoms with E-state index >= 15 is 0 Å². The zero-order chi connectivity index (χ0) is 25.6. The molecule has 1 aliphatic heterocycles. The van der Waals surface area contributed by atoms with Crippen molar-refractivity contribution >= 4 is 40.9 Å². The van der Waals surface area contributed by atoms with Crippen molar-refractivity contribution in [3.8, 4) is 5.75 Å². The highest BCUT2D eigenvalue weighted by molar-refractivity contribution is 7.80. The van der Waals surface area contributed by atoms with Gasteiger partial charge in [0.2, 0.25) is 0 Å². The number of benzene rings is 2. The minimum atomic E-state index is -0.534. The first-order valence-electron chi connectivity index (χ1n) is 11.5. The Balaban J connectivity index is 2.12. The van der Waals surface area contributed by atoms with E-state index in [4.69, 9.17) is 12.2 Å². The van der Waals surface area contributed by atoms with Crippen molar-refractivity contribution in [3.05, 3.63) is 64.2 Å². The average Bonchev–Trinajstić information content (AvgIpc) is 2.70. The van der Waals surface area contributed by atoms with Gasteiger partial charge in [-0.05, 0) is 70.4 Å². The number of phenolic OH excluding ortho intramolecular Hbond substituents is 1. The van der Waals surface area contributed by atoms with Gasteiger partial charge in [0.15, 0.2) is 5.11 Å². The second-order valence-electron chi connectivity index (χ2n) is 11.2. The van der Waals surface area contributed by atoms with Gasteiger partial charge in [-0.2, -0.15) is 0 Å². The lowest BCUT2D eigenvalue weighted by Gasteiger charge is -2.30. The normalized spacial score (nSPS) is 16.4. The second kappa shape index (κ2) is 8.99. The quantitative estimate of drug-likeness (QED) is 0.325. The maximum atomic E-state index is 13.5. The Hall–Kier alpha value is -2.99. The second-order valence-corrected chi connectivity index (χ2v) is 11.6. The first-order valence-corrected chi connectivity index (χ1v) is 11.9. The predicted octanol–water partition coefficient (Wildman–Crippen LogP) is 5.94. The highest BCUT2D eigenvalue weighted by Gasteiger charge is 2.35. The number of thiocarbonyl (C=S) groups is 1. The molecule has 3 rings (SSSR count). The molecular formula is C28H34N2O3S. The minimum Gasteiger partial charge on any atom is -0.507 e. The molecule has 0 aromatic heterocycles. The number of anilines is 1. The van der Waals surface area contributed by atoms with E-state index in [0.29, 0.717) is 17.2 Å². The fraction of sp³-hybridized carbons (Fsp3) is 0.393. The van der Waals surface area contributed by atoms with Crippen LogP contribution in [-0.4, -0.2) is 22.0 Å². The minimum absolute atomic E-state index is 0.00746. The fourth-order valence-electron chi connectivity index (χ4n) is 3.95. The summed E-state index contributed by atoms with van der Waals surface area (Å²) in [6.07, 6.45) is 1.58. The molecule has 0 radical (unpaired) electrons. The zero-order valence-electron chi connectivity index (χ0n) is 21.2. The highest BCUT2D eigenvalue weighted by atomic mass is 32.1. The lowest BCUT2D eigenvalue weighted by Crippen LogP contribution is -2.54. The number of phenols is 1. The lowest BCUT2D eigenvalue weighted by atomic mass is 9.78. The first-order chi connectivity index (χ1) is 15.6. The van der Waals surface area contributed by atoms with Crippen LogP contribution < -0.4 is 10.2 Å². The summed E-state index contributed by atoms with van der Waals surface area (Å²) in [6.45, 7) is 16.3. The van der Waals surface area contributed by atoms with E-state index in [1.54, 1.807) is 6.08 Å². The summed E-state index contributed by atoms with van der Waals surface area (Å²) in [6, 6.07) is 11.3. The lowest BCUT2D eigenvalue weighted by molar-refractivity contribution is -0.122. The molecule has 0 spiro atoms. The maximum absolute atomic E-state index is 13.5. The molecule has 2 aromatic rings. The number of nitrogens with zero attached hydrogens (tertiary/aromatic N) is 1. The Morgan fingerprint density at radius 3 is 1.88 bits per heavy atom.